The van der Waals surface area contributed by atoms with Gasteiger partial charge in [-0.15, -0.1) is 11.8 Å². The molecule has 0 aliphatic carbocycles. The molecule has 0 spiro atoms. The monoisotopic (exact) mass is 312 g/mol. The molecule has 1 heterocycles. The van der Waals surface area contributed by atoms with Gasteiger partial charge in [-0.1, -0.05) is 0 Å². The average molecular weight is 312 g/mol. The smallest absolute Gasteiger partial charge is 0.327 e. The van der Waals surface area contributed by atoms with Crippen molar-refractivity contribution in [3.05, 3.63) is 30.1 Å². The van der Waals surface area contributed by atoms with Crippen molar-refractivity contribution >= 4 is 35.2 Å². The van der Waals surface area contributed by atoms with Crippen LogP contribution in [0.25, 0.3) is 0 Å². The van der Waals surface area contributed by atoms with Gasteiger partial charge in [0.05, 0.1) is 5.25 Å². The first-order valence-electron chi connectivity index (χ1n) is 6.16. The van der Waals surface area contributed by atoms with Crippen molar-refractivity contribution in [2.24, 2.45) is 0 Å². The molecule has 2 amide bonds. The molecule has 21 heavy (non-hydrogen) atoms. The van der Waals surface area contributed by atoms with Gasteiger partial charge in [0.2, 0.25) is 11.8 Å². The number of carbonyl (C=O) groups excluding carboxylic acids is 2. The predicted octanol–water partition coefficient (Wildman–Crippen LogP) is 0.839. The molecule has 1 saturated heterocycles. The number of carboxylic acid groups (broad SMARTS) is 1. The fourth-order valence-electron chi connectivity index (χ4n) is 1.79. The van der Waals surface area contributed by atoms with E-state index in [-0.39, 0.29) is 18.1 Å². The molecular formula is C13H13FN2O4S. The van der Waals surface area contributed by atoms with Crippen molar-refractivity contribution in [3.63, 3.8) is 0 Å². The van der Waals surface area contributed by atoms with Crippen LogP contribution < -0.4 is 10.6 Å². The van der Waals surface area contributed by atoms with Crippen molar-refractivity contribution in [1.82, 2.24) is 5.32 Å². The lowest BCUT2D eigenvalue weighted by Crippen LogP contribution is -2.51. The first-order valence-corrected chi connectivity index (χ1v) is 7.21. The standard InChI is InChI=1S/C13H13FN2O4S/c14-7-1-3-8(4-2-7)15-11(17)5-10-12(18)16-9(6-21-10)13(19)20/h1-4,9-10H,5-6H2,(H,15,17)(H,16,18)(H,19,20)/t9-,10-/m0/s1. The minimum Gasteiger partial charge on any atom is -0.480 e. The summed E-state index contributed by atoms with van der Waals surface area (Å²) in [6.07, 6.45) is -0.0692. The van der Waals surface area contributed by atoms with Crippen LogP contribution in [0.15, 0.2) is 24.3 Å². The molecular weight excluding hydrogens is 299 g/mol. The lowest BCUT2D eigenvalue weighted by Gasteiger charge is -2.25. The maximum Gasteiger partial charge on any atom is 0.327 e. The van der Waals surface area contributed by atoms with E-state index in [9.17, 15) is 18.8 Å². The van der Waals surface area contributed by atoms with E-state index in [2.05, 4.69) is 10.6 Å². The SMILES string of the molecule is O=C(C[C@@H]1SC[C@@H](C(=O)O)NC1=O)Nc1ccc(F)cc1. The fourth-order valence-corrected chi connectivity index (χ4v) is 2.93. The van der Waals surface area contributed by atoms with Gasteiger partial charge in [-0.25, -0.2) is 9.18 Å². The number of amides is 2. The number of halogens is 1. The third-order valence-corrected chi connectivity index (χ3v) is 4.18. The molecule has 2 atom stereocenters. The minimum atomic E-state index is -1.09. The normalized spacial score (nSPS) is 21.5. The molecule has 0 radical (unpaired) electrons. The molecule has 3 N–H and O–H groups in total. The van der Waals surface area contributed by atoms with E-state index < -0.39 is 29.0 Å². The first-order chi connectivity index (χ1) is 9.95. The molecule has 1 aromatic carbocycles. The number of hydrogen-bond acceptors (Lipinski definition) is 4. The molecule has 8 heteroatoms. The van der Waals surface area contributed by atoms with Gasteiger partial charge in [-0.05, 0) is 24.3 Å². The summed E-state index contributed by atoms with van der Waals surface area (Å²) in [6.45, 7) is 0. The number of thioether (sulfide) groups is 1. The lowest BCUT2D eigenvalue weighted by atomic mass is 10.2. The molecule has 1 fully saturated rings. The number of rotatable bonds is 4. The van der Waals surface area contributed by atoms with Crippen LogP contribution >= 0.6 is 11.8 Å². The highest BCUT2D eigenvalue weighted by atomic mass is 32.2. The van der Waals surface area contributed by atoms with Crippen molar-refractivity contribution < 1.29 is 23.9 Å². The molecule has 2 rings (SSSR count). The fraction of sp³-hybridized carbons (Fsp3) is 0.308. The number of carboxylic acids is 1. The van der Waals surface area contributed by atoms with Gasteiger partial charge >= 0.3 is 5.97 Å². The predicted molar refractivity (Wildman–Crippen MR) is 75.5 cm³/mol. The average Bonchev–Trinajstić information content (AvgIpc) is 2.43. The van der Waals surface area contributed by atoms with E-state index in [0.717, 1.165) is 11.8 Å². The number of benzene rings is 1. The van der Waals surface area contributed by atoms with Gasteiger partial charge in [0.1, 0.15) is 11.9 Å². The Bertz CT molecular complexity index is 564. The van der Waals surface area contributed by atoms with Crippen LogP contribution in [0.2, 0.25) is 0 Å². The Balaban J connectivity index is 1.87. The van der Waals surface area contributed by atoms with Crippen LogP contribution in [-0.2, 0) is 14.4 Å². The van der Waals surface area contributed by atoms with E-state index in [1.807, 2.05) is 0 Å². The second-order valence-electron chi connectivity index (χ2n) is 4.48. The Morgan fingerprint density at radius 3 is 2.62 bits per heavy atom. The lowest BCUT2D eigenvalue weighted by molar-refractivity contribution is -0.141. The van der Waals surface area contributed by atoms with Crippen LogP contribution in [0, 0.1) is 5.82 Å². The van der Waals surface area contributed by atoms with Crippen LogP contribution in [0.5, 0.6) is 0 Å². The zero-order valence-corrected chi connectivity index (χ0v) is 11.7. The summed E-state index contributed by atoms with van der Waals surface area (Å²) in [5, 5.41) is 13.1. The largest absolute Gasteiger partial charge is 0.480 e. The molecule has 6 nitrogen and oxygen atoms in total. The van der Waals surface area contributed by atoms with E-state index in [4.69, 9.17) is 5.11 Å². The summed E-state index contributed by atoms with van der Waals surface area (Å²) >= 11 is 1.14. The summed E-state index contributed by atoms with van der Waals surface area (Å²) in [5.74, 6) is -2.13. The van der Waals surface area contributed by atoms with Crippen LogP contribution in [-0.4, -0.2) is 39.9 Å². The molecule has 0 bridgehead atoms. The Hall–Kier alpha value is -2.09. The molecule has 112 valence electrons. The number of hydrogen-bond donors (Lipinski definition) is 3. The molecule has 1 aromatic rings. The second kappa shape index (κ2) is 6.57. The quantitative estimate of drug-likeness (QED) is 0.766. The minimum absolute atomic E-state index is 0.0692. The number of carbonyl (C=O) groups is 3. The van der Waals surface area contributed by atoms with Gasteiger partial charge in [0.25, 0.3) is 0 Å². The summed E-state index contributed by atoms with van der Waals surface area (Å²) < 4.78 is 12.7. The van der Waals surface area contributed by atoms with Gasteiger partial charge in [-0.3, -0.25) is 9.59 Å². The number of anilines is 1. The number of aliphatic carboxylic acids is 1. The number of nitrogens with one attached hydrogen (secondary N) is 2. The zero-order valence-electron chi connectivity index (χ0n) is 10.8. The Morgan fingerprint density at radius 2 is 2.05 bits per heavy atom. The van der Waals surface area contributed by atoms with E-state index >= 15 is 0 Å². The third kappa shape index (κ3) is 4.19. The summed E-state index contributed by atoms with van der Waals surface area (Å²) in [4.78, 5) is 34.3. The highest BCUT2D eigenvalue weighted by Crippen LogP contribution is 2.21. The molecule has 0 aromatic heterocycles. The Labute approximate surface area is 124 Å². The zero-order chi connectivity index (χ0) is 15.4. The van der Waals surface area contributed by atoms with Crippen LogP contribution in [0.3, 0.4) is 0 Å². The first kappa shape index (κ1) is 15.3. The van der Waals surface area contributed by atoms with E-state index in [1.165, 1.54) is 24.3 Å². The van der Waals surface area contributed by atoms with Crippen molar-refractivity contribution in [3.8, 4) is 0 Å². The molecule has 1 aliphatic rings. The Morgan fingerprint density at radius 1 is 1.38 bits per heavy atom. The van der Waals surface area contributed by atoms with Gasteiger partial charge in [0, 0.05) is 17.9 Å². The summed E-state index contributed by atoms with van der Waals surface area (Å²) in [5.41, 5.74) is 0.436. The van der Waals surface area contributed by atoms with E-state index in [0.29, 0.717) is 5.69 Å². The second-order valence-corrected chi connectivity index (χ2v) is 5.72. The highest BCUT2D eigenvalue weighted by molar-refractivity contribution is 8.00. The van der Waals surface area contributed by atoms with Gasteiger partial charge in [-0.2, -0.15) is 0 Å². The molecule has 0 unspecified atom stereocenters. The molecule has 0 saturated carbocycles. The van der Waals surface area contributed by atoms with Crippen molar-refractivity contribution in [1.29, 1.82) is 0 Å². The Kier molecular flexibility index (Phi) is 4.79. The van der Waals surface area contributed by atoms with Gasteiger partial charge < -0.3 is 15.7 Å². The maximum atomic E-state index is 12.7. The van der Waals surface area contributed by atoms with E-state index in [1.54, 1.807) is 0 Å². The molecule has 1 aliphatic heterocycles. The van der Waals surface area contributed by atoms with Crippen LogP contribution in [0.4, 0.5) is 10.1 Å². The van der Waals surface area contributed by atoms with Crippen molar-refractivity contribution in [2.75, 3.05) is 11.1 Å². The summed E-state index contributed by atoms with van der Waals surface area (Å²) in [7, 11) is 0. The van der Waals surface area contributed by atoms with Crippen LogP contribution in [0.1, 0.15) is 6.42 Å². The highest BCUT2D eigenvalue weighted by Gasteiger charge is 2.33. The maximum absolute atomic E-state index is 12.7. The van der Waals surface area contributed by atoms with Gasteiger partial charge in [0.15, 0.2) is 0 Å². The summed E-state index contributed by atoms with van der Waals surface area (Å²) in [6, 6.07) is 4.35. The third-order valence-electron chi connectivity index (χ3n) is 2.87. The topological polar surface area (TPSA) is 95.5 Å². The van der Waals surface area contributed by atoms with Crippen molar-refractivity contribution in [2.45, 2.75) is 17.7 Å².